The molecule has 0 aliphatic carbocycles. The largest absolute Gasteiger partial charge is 0.361 e. The van der Waals surface area contributed by atoms with E-state index in [0.717, 1.165) is 44.4 Å². The molecule has 0 aliphatic heterocycles. The summed E-state index contributed by atoms with van der Waals surface area (Å²) in [5, 5.41) is 1.22. The molecule has 0 saturated carbocycles. The summed E-state index contributed by atoms with van der Waals surface area (Å²) >= 11 is 0. The molecular weight excluding hydrogens is 315 g/mol. The molecule has 0 aliphatic rings. The van der Waals surface area contributed by atoms with Crippen molar-refractivity contribution in [1.29, 1.82) is 0 Å². The number of para-hydroxylation sites is 1. The third kappa shape index (κ3) is 4.65. The van der Waals surface area contributed by atoms with Crippen LogP contribution in [0.2, 0.25) is 0 Å². The first-order chi connectivity index (χ1) is 12.3. The van der Waals surface area contributed by atoms with Crippen LogP contribution in [-0.2, 0) is 13.1 Å². The number of hydrogen-bond donors (Lipinski definition) is 2. The lowest BCUT2D eigenvalue weighted by Crippen LogP contribution is -2.24. The molecule has 0 spiro atoms. The van der Waals surface area contributed by atoms with E-state index in [-0.39, 0.29) is 5.95 Å². The van der Waals surface area contributed by atoms with Crippen molar-refractivity contribution < 1.29 is 4.39 Å². The van der Waals surface area contributed by atoms with Gasteiger partial charge in [0.05, 0.1) is 0 Å². The molecule has 5 heteroatoms. The second-order valence-electron chi connectivity index (χ2n) is 6.37. The molecule has 0 unspecified atom stereocenters. The maximum atomic E-state index is 14.0. The predicted molar refractivity (Wildman–Crippen MR) is 99.5 cm³/mol. The summed E-state index contributed by atoms with van der Waals surface area (Å²) in [4.78, 5) is 9.37. The van der Waals surface area contributed by atoms with Crippen molar-refractivity contribution in [3.8, 4) is 0 Å². The molecule has 0 saturated heterocycles. The zero-order chi connectivity index (χ0) is 17.5. The number of hydrogen-bond acceptors (Lipinski definition) is 3. The molecule has 1 aromatic carbocycles. The van der Waals surface area contributed by atoms with Gasteiger partial charge in [0.25, 0.3) is 0 Å². The minimum atomic E-state index is -0.381. The van der Waals surface area contributed by atoms with Gasteiger partial charge in [-0.3, -0.25) is 4.90 Å². The Morgan fingerprint density at radius 1 is 1.00 bits per heavy atom. The molecule has 132 valence electrons. The number of benzene rings is 1. The SMILES string of the molecule is NCCCCCN(Cc1cccnc1F)Cc1c[nH]c2ccccc12. The van der Waals surface area contributed by atoms with Gasteiger partial charge in [-0.1, -0.05) is 30.7 Å². The van der Waals surface area contributed by atoms with Crippen LogP contribution in [0.3, 0.4) is 0 Å². The number of fused-ring (bicyclic) bond motifs is 1. The number of halogens is 1. The van der Waals surface area contributed by atoms with Crippen LogP contribution in [0.1, 0.15) is 30.4 Å². The topological polar surface area (TPSA) is 57.9 Å². The van der Waals surface area contributed by atoms with Crippen molar-refractivity contribution in [2.24, 2.45) is 5.73 Å². The van der Waals surface area contributed by atoms with Gasteiger partial charge in [0.15, 0.2) is 0 Å². The van der Waals surface area contributed by atoms with Gasteiger partial charge in [0.2, 0.25) is 5.95 Å². The van der Waals surface area contributed by atoms with Gasteiger partial charge in [-0.15, -0.1) is 0 Å². The van der Waals surface area contributed by atoms with Crippen molar-refractivity contribution in [2.75, 3.05) is 13.1 Å². The fourth-order valence-electron chi connectivity index (χ4n) is 3.15. The molecule has 0 fully saturated rings. The van der Waals surface area contributed by atoms with E-state index in [0.29, 0.717) is 12.1 Å². The number of pyridine rings is 1. The smallest absolute Gasteiger partial charge is 0.217 e. The van der Waals surface area contributed by atoms with Gasteiger partial charge < -0.3 is 10.7 Å². The summed E-state index contributed by atoms with van der Waals surface area (Å²) < 4.78 is 14.0. The fourth-order valence-corrected chi connectivity index (χ4v) is 3.15. The van der Waals surface area contributed by atoms with Gasteiger partial charge >= 0.3 is 0 Å². The van der Waals surface area contributed by atoms with E-state index in [1.807, 2.05) is 18.2 Å². The summed E-state index contributed by atoms with van der Waals surface area (Å²) in [5.74, 6) is -0.381. The Morgan fingerprint density at radius 2 is 1.84 bits per heavy atom. The summed E-state index contributed by atoms with van der Waals surface area (Å²) in [5.41, 5.74) is 8.59. The maximum Gasteiger partial charge on any atom is 0.217 e. The number of unbranched alkanes of at least 4 members (excludes halogenated alkanes) is 2. The Bertz CT molecular complexity index is 799. The minimum absolute atomic E-state index is 0.381. The van der Waals surface area contributed by atoms with Crippen LogP contribution in [0.15, 0.2) is 48.8 Å². The highest BCUT2D eigenvalue weighted by Crippen LogP contribution is 2.21. The molecule has 25 heavy (non-hydrogen) atoms. The van der Waals surface area contributed by atoms with Crippen LogP contribution in [0, 0.1) is 5.95 Å². The van der Waals surface area contributed by atoms with E-state index in [2.05, 4.69) is 33.2 Å². The van der Waals surface area contributed by atoms with Gasteiger partial charge in [-0.05, 0) is 43.6 Å². The molecule has 3 rings (SSSR count). The first kappa shape index (κ1) is 17.6. The summed E-state index contributed by atoms with van der Waals surface area (Å²) in [6, 6.07) is 11.9. The molecule has 3 N–H and O–H groups in total. The second-order valence-corrected chi connectivity index (χ2v) is 6.37. The average Bonchev–Trinajstić information content (AvgIpc) is 3.03. The van der Waals surface area contributed by atoms with Crippen LogP contribution in [-0.4, -0.2) is 28.0 Å². The van der Waals surface area contributed by atoms with E-state index < -0.39 is 0 Å². The third-order valence-corrected chi connectivity index (χ3v) is 4.48. The van der Waals surface area contributed by atoms with Gasteiger partial charge in [-0.25, -0.2) is 4.98 Å². The highest BCUT2D eigenvalue weighted by atomic mass is 19.1. The molecule has 0 atom stereocenters. The number of nitrogens with one attached hydrogen (secondary N) is 1. The lowest BCUT2D eigenvalue weighted by Gasteiger charge is -2.22. The third-order valence-electron chi connectivity index (χ3n) is 4.48. The van der Waals surface area contributed by atoms with E-state index >= 15 is 0 Å². The molecule has 0 amide bonds. The lowest BCUT2D eigenvalue weighted by molar-refractivity contribution is 0.247. The Morgan fingerprint density at radius 3 is 2.68 bits per heavy atom. The van der Waals surface area contributed by atoms with Gasteiger partial charge in [0.1, 0.15) is 0 Å². The van der Waals surface area contributed by atoms with E-state index in [4.69, 9.17) is 5.73 Å². The van der Waals surface area contributed by atoms with Crippen LogP contribution < -0.4 is 5.73 Å². The van der Waals surface area contributed by atoms with Gasteiger partial charge in [-0.2, -0.15) is 4.39 Å². The number of aromatic nitrogens is 2. The second kappa shape index (κ2) is 8.74. The number of rotatable bonds is 9. The molecule has 2 aromatic heterocycles. The maximum absolute atomic E-state index is 14.0. The van der Waals surface area contributed by atoms with Crippen LogP contribution in [0.5, 0.6) is 0 Å². The van der Waals surface area contributed by atoms with Crippen molar-refractivity contribution in [3.63, 3.8) is 0 Å². The number of nitrogens with two attached hydrogens (primary N) is 1. The molecular formula is C20H25FN4. The summed E-state index contributed by atoms with van der Waals surface area (Å²) in [6.07, 6.45) is 6.72. The van der Waals surface area contributed by atoms with Crippen LogP contribution >= 0.6 is 0 Å². The Hall–Kier alpha value is -2.24. The van der Waals surface area contributed by atoms with Crippen LogP contribution in [0.25, 0.3) is 10.9 Å². The quantitative estimate of drug-likeness (QED) is 0.460. The first-order valence-corrected chi connectivity index (χ1v) is 8.84. The molecule has 0 bridgehead atoms. The average molecular weight is 340 g/mol. The van der Waals surface area contributed by atoms with Gasteiger partial charge in [0, 0.05) is 41.9 Å². The minimum Gasteiger partial charge on any atom is -0.361 e. The van der Waals surface area contributed by atoms with Crippen LogP contribution in [0.4, 0.5) is 4.39 Å². The van der Waals surface area contributed by atoms with E-state index in [1.165, 1.54) is 17.1 Å². The van der Waals surface area contributed by atoms with E-state index in [9.17, 15) is 4.39 Å². The fraction of sp³-hybridized carbons (Fsp3) is 0.350. The predicted octanol–water partition coefficient (Wildman–Crippen LogP) is 3.83. The number of nitrogens with zero attached hydrogens (tertiary/aromatic N) is 2. The monoisotopic (exact) mass is 340 g/mol. The highest BCUT2D eigenvalue weighted by molar-refractivity contribution is 5.82. The zero-order valence-corrected chi connectivity index (χ0v) is 14.4. The molecule has 4 nitrogen and oxygen atoms in total. The Balaban J connectivity index is 1.74. The van der Waals surface area contributed by atoms with Crippen molar-refractivity contribution >= 4 is 10.9 Å². The van der Waals surface area contributed by atoms with Crippen molar-refractivity contribution in [2.45, 2.75) is 32.4 Å². The molecule has 2 heterocycles. The molecule has 3 aromatic rings. The Labute approximate surface area is 147 Å². The first-order valence-electron chi connectivity index (χ1n) is 8.84. The van der Waals surface area contributed by atoms with E-state index in [1.54, 1.807) is 6.07 Å². The standard InChI is InChI=1S/C20H25FN4/c21-20-16(7-6-11-23-20)14-25(12-5-1-4-10-22)15-17-13-24-19-9-3-2-8-18(17)19/h2-3,6-9,11,13,24H,1,4-5,10,12,14-15,22H2. The Kier molecular flexibility index (Phi) is 6.14. The normalized spacial score (nSPS) is 11.5. The summed E-state index contributed by atoms with van der Waals surface area (Å²) in [6.45, 7) is 2.97. The number of H-pyrrole nitrogens is 1. The number of aromatic amines is 1. The van der Waals surface area contributed by atoms with Crippen molar-refractivity contribution in [3.05, 3.63) is 65.9 Å². The molecule has 0 radical (unpaired) electrons. The summed E-state index contributed by atoms with van der Waals surface area (Å²) in [7, 11) is 0. The lowest BCUT2D eigenvalue weighted by atomic mass is 10.1. The van der Waals surface area contributed by atoms with Crippen molar-refractivity contribution in [1.82, 2.24) is 14.9 Å². The highest BCUT2D eigenvalue weighted by Gasteiger charge is 2.13. The zero-order valence-electron chi connectivity index (χ0n) is 14.4.